The molecule has 2 amide bonds. The van der Waals surface area contributed by atoms with Gasteiger partial charge in [0.05, 0.1) is 11.4 Å². The topological polar surface area (TPSA) is 74.8 Å². The molecule has 1 aliphatic heterocycles. The van der Waals surface area contributed by atoms with Gasteiger partial charge in [-0.15, -0.1) is 0 Å². The predicted octanol–water partition coefficient (Wildman–Crippen LogP) is 1.85. The van der Waals surface area contributed by atoms with E-state index in [1.165, 1.54) is 0 Å². The molecule has 0 bridgehead atoms. The Morgan fingerprint density at radius 3 is 2.94 bits per heavy atom. The lowest BCUT2D eigenvalue weighted by molar-refractivity contribution is -0.134. The van der Waals surface area contributed by atoms with E-state index < -0.39 is 0 Å². The number of imide groups is 1. The summed E-state index contributed by atoms with van der Waals surface area (Å²) < 4.78 is 0.798. The number of fused-ring (bicyclic) bond motifs is 1. The van der Waals surface area contributed by atoms with Gasteiger partial charge in [0, 0.05) is 11.8 Å². The molecule has 6 heteroatoms. The van der Waals surface area contributed by atoms with E-state index in [9.17, 15) is 9.59 Å². The molecule has 1 aliphatic rings. The first-order valence-corrected chi connectivity index (χ1v) is 6.41. The van der Waals surface area contributed by atoms with Crippen LogP contribution in [0.5, 0.6) is 0 Å². The van der Waals surface area contributed by atoms with Crippen LogP contribution in [0.3, 0.4) is 0 Å². The minimum atomic E-state index is -0.256. The first-order chi connectivity index (χ1) is 8.65. The molecule has 0 radical (unpaired) electrons. The summed E-state index contributed by atoms with van der Waals surface area (Å²) in [5.41, 5.74) is 1.76. The zero-order valence-electron chi connectivity index (χ0n) is 9.37. The van der Waals surface area contributed by atoms with Crippen LogP contribution in [0.1, 0.15) is 24.3 Å². The molecule has 3 rings (SSSR count). The number of nitrogens with zero attached hydrogens (tertiary/aromatic N) is 1. The second-order valence-electron chi connectivity index (χ2n) is 4.32. The lowest BCUT2D eigenvalue weighted by atomic mass is 9.90. The van der Waals surface area contributed by atoms with E-state index in [1.54, 1.807) is 0 Å². The van der Waals surface area contributed by atoms with Crippen molar-refractivity contribution in [3.8, 4) is 0 Å². The third-order valence-corrected chi connectivity index (χ3v) is 3.78. The summed E-state index contributed by atoms with van der Waals surface area (Å²) in [7, 11) is 0. The molecule has 1 atom stereocenters. The Hall–Kier alpha value is -1.69. The van der Waals surface area contributed by atoms with Gasteiger partial charge in [0.25, 0.3) is 0 Å². The molecule has 2 heterocycles. The van der Waals surface area contributed by atoms with Gasteiger partial charge in [0.15, 0.2) is 0 Å². The van der Waals surface area contributed by atoms with E-state index in [0.29, 0.717) is 12.8 Å². The van der Waals surface area contributed by atoms with Crippen LogP contribution in [0.15, 0.2) is 22.8 Å². The molecule has 1 unspecified atom stereocenters. The van der Waals surface area contributed by atoms with Crippen LogP contribution in [-0.2, 0) is 9.59 Å². The maximum absolute atomic E-state index is 11.8. The number of hydrogen-bond acceptors (Lipinski definition) is 3. The van der Waals surface area contributed by atoms with Crippen molar-refractivity contribution in [2.24, 2.45) is 0 Å². The fraction of sp³-hybridized carbons (Fsp3) is 0.250. The number of aromatic amines is 1. The lowest BCUT2D eigenvalue weighted by Crippen LogP contribution is -2.39. The van der Waals surface area contributed by atoms with E-state index in [1.807, 2.05) is 18.2 Å². The summed E-state index contributed by atoms with van der Waals surface area (Å²) in [4.78, 5) is 22.9. The third-order valence-electron chi connectivity index (χ3n) is 3.17. The van der Waals surface area contributed by atoms with Gasteiger partial charge in [0.2, 0.25) is 11.8 Å². The van der Waals surface area contributed by atoms with Crippen molar-refractivity contribution in [2.75, 3.05) is 0 Å². The molecule has 1 aromatic heterocycles. The van der Waals surface area contributed by atoms with Crippen LogP contribution in [-0.4, -0.2) is 22.0 Å². The maximum Gasteiger partial charge on any atom is 0.234 e. The maximum atomic E-state index is 11.8. The van der Waals surface area contributed by atoms with E-state index in [-0.39, 0.29) is 17.7 Å². The number of carbonyl (C=O) groups excluding carboxylic acids is 2. The number of benzene rings is 1. The molecule has 2 N–H and O–H groups in total. The molecule has 0 saturated carbocycles. The van der Waals surface area contributed by atoms with Crippen molar-refractivity contribution in [1.82, 2.24) is 15.5 Å². The average Bonchev–Trinajstić information content (AvgIpc) is 2.71. The fourth-order valence-electron chi connectivity index (χ4n) is 2.22. The molecule has 0 spiro atoms. The van der Waals surface area contributed by atoms with Gasteiger partial charge in [-0.25, -0.2) is 0 Å². The van der Waals surface area contributed by atoms with Gasteiger partial charge in [0.1, 0.15) is 4.60 Å². The summed E-state index contributed by atoms with van der Waals surface area (Å²) in [5.74, 6) is -0.666. The van der Waals surface area contributed by atoms with Crippen LogP contribution in [0.2, 0.25) is 0 Å². The summed E-state index contributed by atoms with van der Waals surface area (Å²) in [6, 6.07) is 5.69. The molecule has 92 valence electrons. The van der Waals surface area contributed by atoms with Gasteiger partial charge in [-0.1, -0.05) is 6.07 Å². The smallest absolute Gasteiger partial charge is 0.234 e. The first-order valence-electron chi connectivity index (χ1n) is 5.62. The highest BCUT2D eigenvalue weighted by Crippen LogP contribution is 2.29. The van der Waals surface area contributed by atoms with Crippen LogP contribution >= 0.6 is 15.9 Å². The van der Waals surface area contributed by atoms with Gasteiger partial charge >= 0.3 is 0 Å². The summed E-state index contributed by atoms with van der Waals surface area (Å²) in [5, 5.41) is 10.3. The van der Waals surface area contributed by atoms with Crippen molar-refractivity contribution in [1.29, 1.82) is 0 Å². The molecule has 2 aromatic rings. The Morgan fingerprint density at radius 2 is 2.17 bits per heavy atom. The summed E-state index contributed by atoms with van der Waals surface area (Å²) in [6.45, 7) is 0. The van der Waals surface area contributed by atoms with E-state index >= 15 is 0 Å². The van der Waals surface area contributed by atoms with Crippen molar-refractivity contribution in [3.63, 3.8) is 0 Å². The van der Waals surface area contributed by atoms with Crippen LogP contribution in [0.25, 0.3) is 10.9 Å². The molecule has 1 saturated heterocycles. The molecule has 1 fully saturated rings. The number of aromatic nitrogens is 2. The van der Waals surface area contributed by atoms with Gasteiger partial charge in [-0.2, -0.15) is 5.10 Å². The number of hydrogen-bond donors (Lipinski definition) is 2. The highest BCUT2D eigenvalue weighted by Gasteiger charge is 2.28. The zero-order chi connectivity index (χ0) is 12.7. The zero-order valence-corrected chi connectivity index (χ0v) is 11.0. The predicted molar refractivity (Wildman–Crippen MR) is 68.9 cm³/mol. The van der Waals surface area contributed by atoms with Crippen molar-refractivity contribution < 1.29 is 9.59 Å². The van der Waals surface area contributed by atoms with Crippen LogP contribution in [0, 0.1) is 0 Å². The number of nitrogens with one attached hydrogen (secondary N) is 2. The quantitative estimate of drug-likeness (QED) is 0.790. The number of carbonyl (C=O) groups is 2. The molecule has 1 aromatic carbocycles. The minimum Gasteiger partial charge on any atom is -0.296 e. The standard InChI is InChI=1S/C12H10BrN3O2/c13-11-8-5-6(1-3-9(8)15-16-11)7-2-4-10(17)14-12(7)18/h1,3,5,7H,2,4H2,(H,15,16)(H,14,17,18). The second kappa shape index (κ2) is 4.20. The number of halogens is 1. The SMILES string of the molecule is O=C1CCC(c2ccc3n[nH]c(Br)c3c2)C(=O)N1. The summed E-state index contributed by atoms with van der Waals surface area (Å²) in [6.07, 6.45) is 0.951. The number of piperidine rings is 1. The Morgan fingerprint density at radius 1 is 1.33 bits per heavy atom. The first kappa shape index (κ1) is 11.4. The van der Waals surface area contributed by atoms with Crippen molar-refractivity contribution >= 4 is 38.6 Å². The van der Waals surface area contributed by atoms with Gasteiger partial charge in [-0.3, -0.25) is 20.0 Å². The highest BCUT2D eigenvalue weighted by molar-refractivity contribution is 9.10. The number of amides is 2. The molecular weight excluding hydrogens is 298 g/mol. The Labute approximate surface area is 111 Å². The van der Waals surface area contributed by atoms with E-state index in [4.69, 9.17) is 0 Å². The van der Waals surface area contributed by atoms with Crippen LogP contribution < -0.4 is 5.32 Å². The van der Waals surface area contributed by atoms with Crippen LogP contribution in [0.4, 0.5) is 0 Å². The molecule has 18 heavy (non-hydrogen) atoms. The Bertz CT molecular complexity index is 650. The minimum absolute atomic E-state index is 0.193. The van der Waals surface area contributed by atoms with E-state index in [2.05, 4.69) is 31.4 Å². The normalized spacial score (nSPS) is 20.2. The fourth-order valence-corrected chi connectivity index (χ4v) is 2.63. The van der Waals surface area contributed by atoms with E-state index in [0.717, 1.165) is 21.1 Å². The Balaban J connectivity index is 2.01. The largest absolute Gasteiger partial charge is 0.296 e. The van der Waals surface area contributed by atoms with Gasteiger partial charge in [-0.05, 0) is 40.0 Å². The van der Waals surface area contributed by atoms with Crippen molar-refractivity contribution in [2.45, 2.75) is 18.8 Å². The van der Waals surface area contributed by atoms with Gasteiger partial charge < -0.3 is 0 Å². The summed E-state index contributed by atoms with van der Waals surface area (Å²) >= 11 is 3.38. The molecular formula is C12H10BrN3O2. The highest BCUT2D eigenvalue weighted by atomic mass is 79.9. The second-order valence-corrected chi connectivity index (χ2v) is 5.11. The number of rotatable bonds is 1. The molecule has 0 aliphatic carbocycles. The Kier molecular flexibility index (Phi) is 2.66. The third kappa shape index (κ3) is 1.82. The monoisotopic (exact) mass is 307 g/mol. The van der Waals surface area contributed by atoms with Crippen molar-refractivity contribution in [3.05, 3.63) is 28.4 Å². The average molecular weight is 308 g/mol. The number of H-pyrrole nitrogens is 1. The lowest BCUT2D eigenvalue weighted by Gasteiger charge is -2.21. The molecule has 5 nitrogen and oxygen atoms in total.